The SMILES string of the molecule is B.CCN(CC)CC.F.F.F.F. The molecule has 0 spiro atoms. The Kier molecular flexibility index (Phi) is 106. The third kappa shape index (κ3) is 22.6. The van der Waals surface area contributed by atoms with Gasteiger partial charge in [-0.3, -0.25) is 18.8 Å². The molecule has 0 saturated heterocycles. The van der Waals surface area contributed by atoms with Crippen LogP contribution in [-0.2, 0) is 0 Å². The van der Waals surface area contributed by atoms with E-state index in [1.807, 2.05) is 0 Å². The van der Waals surface area contributed by atoms with Crippen molar-refractivity contribution >= 4 is 8.41 Å². The highest BCUT2D eigenvalue weighted by molar-refractivity contribution is 5.75. The van der Waals surface area contributed by atoms with E-state index in [9.17, 15) is 0 Å². The zero-order valence-electron chi connectivity index (χ0n) is 7.20. The van der Waals surface area contributed by atoms with Gasteiger partial charge in [-0.05, 0) is 19.6 Å². The van der Waals surface area contributed by atoms with E-state index in [0.717, 1.165) is 0 Å². The smallest absolute Gasteiger partial charge is 0.0814 e. The lowest BCUT2D eigenvalue weighted by Gasteiger charge is -2.13. The topological polar surface area (TPSA) is 3.24 Å². The fraction of sp³-hybridized carbons (Fsp3) is 1.00. The number of halogens is 4. The average Bonchev–Trinajstić information content (AvgIpc) is 1.72. The number of nitrogens with zero attached hydrogens (tertiary/aromatic N) is 1. The van der Waals surface area contributed by atoms with Gasteiger partial charge in [0.05, 0.1) is 8.41 Å². The van der Waals surface area contributed by atoms with Crippen molar-refractivity contribution in [3.8, 4) is 0 Å². The Morgan fingerprint density at radius 2 is 0.833 bits per heavy atom. The average molecular weight is 195 g/mol. The molecule has 0 radical (unpaired) electrons. The van der Waals surface area contributed by atoms with Crippen LogP contribution in [0.2, 0.25) is 0 Å². The van der Waals surface area contributed by atoms with Crippen molar-refractivity contribution in [1.82, 2.24) is 4.90 Å². The third-order valence-electron chi connectivity index (χ3n) is 1.34. The molecule has 0 aliphatic carbocycles. The fourth-order valence-electron chi connectivity index (χ4n) is 0.671. The highest BCUT2D eigenvalue weighted by Crippen LogP contribution is 1.81. The van der Waals surface area contributed by atoms with Gasteiger partial charge in [0, 0.05) is 0 Å². The van der Waals surface area contributed by atoms with E-state index in [4.69, 9.17) is 0 Å². The zero-order chi connectivity index (χ0) is 5.70. The van der Waals surface area contributed by atoms with Crippen molar-refractivity contribution < 1.29 is 18.8 Å². The van der Waals surface area contributed by atoms with Crippen molar-refractivity contribution in [1.29, 1.82) is 0 Å². The molecule has 0 aromatic carbocycles. The van der Waals surface area contributed by atoms with Gasteiger partial charge in [0.15, 0.2) is 0 Å². The Morgan fingerprint density at radius 1 is 0.667 bits per heavy atom. The molecule has 1 nitrogen and oxygen atoms in total. The molecule has 0 fully saturated rings. The summed E-state index contributed by atoms with van der Waals surface area (Å²) in [4.78, 5) is 2.38. The second kappa shape index (κ2) is 30.9. The molecule has 0 unspecified atom stereocenters. The number of rotatable bonds is 3. The summed E-state index contributed by atoms with van der Waals surface area (Å²) in [6.45, 7) is 10.1. The van der Waals surface area contributed by atoms with Crippen LogP contribution in [0, 0.1) is 0 Å². The Hall–Kier alpha value is -0.255. The van der Waals surface area contributed by atoms with Gasteiger partial charge >= 0.3 is 0 Å². The first kappa shape index (κ1) is 41.1. The minimum atomic E-state index is 0. The fourth-order valence-corrected chi connectivity index (χ4v) is 0.671. The van der Waals surface area contributed by atoms with Gasteiger partial charge in [0.25, 0.3) is 0 Å². The van der Waals surface area contributed by atoms with E-state index in [1.165, 1.54) is 19.6 Å². The predicted molar refractivity (Wildman–Crippen MR) is 53.4 cm³/mol. The van der Waals surface area contributed by atoms with E-state index in [-0.39, 0.29) is 27.2 Å². The minimum Gasteiger partial charge on any atom is -0.304 e. The van der Waals surface area contributed by atoms with Gasteiger partial charge in [0.1, 0.15) is 0 Å². The van der Waals surface area contributed by atoms with Crippen LogP contribution >= 0.6 is 0 Å². The molecule has 0 saturated carbocycles. The highest BCUT2D eigenvalue weighted by atomic mass is 19.0. The van der Waals surface area contributed by atoms with Gasteiger partial charge in [-0.15, -0.1) is 0 Å². The van der Waals surface area contributed by atoms with Gasteiger partial charge in [-0.1, -0.05) is 20.8 Å². The lowest BCUT2D eigenvalue weighted by atomic mass is 10.5. The van der Waals surface area contributed by atoms with Crippen LogP contribution in [0.5, 0.6) is 0 Å². The maximum Gasteiger partial charge on any atom is 0.0814 e. The first-order chi connectivity index (χ1) is 3.35. The Balaban J connectivity index is -0.0000000180. The number of hydrogen-bond donors (Lipinski definition) is 0. The highest BCUT2D eigenvalue weighted by Gasteiger charge is 1.89. The monoisotopic (exact) mass is 195 g/mol. The lowest BCUT2D eigenvalue weighted by molar-refractivity contribution is 0.321. The quantitative estimate of drug-likeness (QED) is 0.475. The molecule has 0 amide bonds. The molecular formula is C6H22BF4N. The molecule has 0 N–H and O–H groups in total. The van der Waals surface area contributed by atoms with Crippen molar-refractivity contribution in [3.63, 3.8) is 0 Å². The molecule has 0 aliphatic heterocycles. The first-order valence-corrected chi connectivity index (χ1v) is 3.07. The normalized spacial score (nSPS) is 6.00. The summed E-state index contributed by atoms with van der Waals surface area (Å²) in [6, 6.07) is 0. The first-order valence-electron chi connectivity index (χ1n) is 3.07. The molecule has 0 aliphatic rings. The summed E-state index contributed by atoms with van der Waals surface area (Å²) < 4.78 is 0. The van der Waals surface area contributed by atoms with E-state index >= 15 is 0 Å². The molecule has 0 bridgehead atoms. The second-order valence-electron chi connectivity index (χ2n) is 1.62. The van der Waals surface area contributed by atoms with Crippen LogP contribution in [0.4, 0.5) is 18.8 Å². The summed E-state index contributed by atoms with van der Waals surface area (Å²) >= 11 is 0. The van der Waals surface area contributed by atoms with Crippen molar-refractivity contribution in [3.05, 3.63) is 0 Å². The van der Waals surface area contributed by atoms with Crippen LogP contribution < -0.4 is 0 Å². The van der Waals surface area contributed by atoms with Crippen molar-refractivity contribution in [2.24, 2.45) is 0 Å². The summed E-state index contributed by atoms with van der Waals surface area (Å²) in [6.07, 6.45) is 0. The van der Waals surface area contributed by atoms with E-state index in [1.54, 1.807) is 0 Å². The van der Waals surface area contributed by atoms with Crippen LogP contribution in [-0.4, -0.2) is 32.9 Å². The molecule has 12 heavy (non-hydrogen) atoms. The largest absolute Gasteiger partial charge is 0.304 e. The van der Waals surface area contributed by atoms with Crippen LogP contribution in [0.3, 0.4) is 0 Å². The predicted octanol–water partition coefficient (Wildman–Crippen LogP) is 0.774. The molecular weight excluding hydrogens is 173 g/mol. The van der Waals surface area contributed by atoms with Gasteiger partial charge < -0.3 is 4.90 Å². The Bertz CT molecular complexity index is 41.0. The molecule has 0 heterocycles. The molecule has 82 valence electrons. The van der Waals surface area contributed by atoms with E-state index in [2.05, 4.69) is 25.7 Å². The van der Waals surface area contributed by atoms with Gasteiger partial charge in [-0.2, -0.15) is 0 Å². The van der Waals surface area contributed by atoms with Crippen molar-refractivity contribution in [2.75, 3.05) is 19.6 Å². The Labute approximate surface area is 73.6 Å². The van der Waals surface area contributed by atoms with Crippen LogP contribution in [0.15, 0.2) is 0 Å². The van der Waals surface area contributed by atoms with Gasteiger partial charge in [-0.25, -0.2) is 0 Å². The summed E-state index contributed by atoms with van der Waals surface area (Å²) in [5.41, 5.74) is 0. The van der Waals surface area contributed by atoms with E-state index < -0.39 is 0 Å². The Morgan fingerprint density at radius 3 is 0.833 bits per heavy atom. The molecule has 0 aromatic heterocycles. The molecule has 0 atom stereocenters. The zero-order valence-corrected chi connectivity index (χ0v) is 7.20. The summed E-state index contributed by atoms with van der Waals surface area (Å²) in [7, 11) is 0. The third-order valence-corrected chi connectivity index (χ3v) is 1.34. The summed E-state index contributed by atoms with van der Waals surface area (Å²) in [5.74, 6) is 0. The van der Waals surface area contributed by atoms with Crippen LogP contribution in [0.25, 0.3) is 0 Å². The molecule has 0 rings (SSSR count). The van der Waals surface area contributed by atoms with Crippen LogP contribution in [0.1, 0.15) is 20.8 Å². The number of hydrogen-bond acceptors (Lipinski definition) is 1. The summed E-state index contributed by atoms with van der Waals surface area (Å²) in [5, 5.41) is 0. The molecule has 6 heteroatoms. The standard InChI is InChI=1S/C6H15N.BH3.4FH/c1-4-7(5-2)6-3;;;;;/h4-6H2,1-3H3;1H3;4*1H. The molecule has 0 aromatic rings. The van der Waals surface area contributed by atoms with Crippen molar-refractivity contribution in [2.45, 2.75) is 20.8 Å². The minimum absolute atomic E-state index is 0. The van der Waals surface area contributed by atoms with Gasteiger partial charge in [0.2, 0.25) is 0 Å². The maximum absolute atomic E-state index is 2.38. The second-order valence-corrected chi connectivity index (χ2v) is 1.62. The lowest BCUT2D eigenvalue weighted by Crippen LogP contribution is -2.21. The van der Waals surface area contributed by atoms with E-state index in [0.29, 0.717) is 0 Å². The maximum atomic E-state index is 2.38.